The third-order valence-corrected chi connectivity index (χ3v) is 5.22. The topological polar surface area (TPSA) is 141 Å². The lowest BCUT2D eigenvalue weighted by molar-refractivity contribution is -0.141. The number of esters is 1. The van der Waals surface area contributed by atoms with Gasteiger partial charge in [-0.3, -0.25) is 9.59 Å². The summed E-state index contributed by atoms with van der Waals surface area (Å²) in [5, 5.41) is 6.55. The second-order valence-corrected chi connectivity index (χ2v) is 7.38. The van der Waals surface area contributed by atoms with Crippen molar-refractivity contribution in [1.29, 1.82) is 0 Å². The van der Waals surface area contributed by atoms with Crippen LogP contribution in [0.25, 0.3) is 10.9 Å². The highest BCUT2D eigenvalue weighted by Gasteiger charge is 2.16. The molecule has 1 amide bonds. The molecule has 3 aromatic rings. The molecule has 1 aromatic carbocycles. The van der Waals surface area contributed by atoms with E-state index in [4.69, 9.17) is 9.47 Å². The van der Waals surface area contributed by atoms with Gasteiger partial charge >= 0.3 is 5.97 Å². The van der Waals surface area contributed by atoms with Gasteiger partial charge in [-0.2, -0.15) is 4.98 Å². The molecule has 0 atom stereocenters. The molecule has 12 nitrogen and oxygen atoms in total. The molecule has 1 aliphatic heterocycles. The van der Waals surface area contributed by atoms with Gasteiger partial charge in [0.1, 0.15) is 23.7 Å². The van der Waals surface area contributed by atoms with Crippen LogP contribution in [0.15, 0.2) is 30.7 Å². The molecule has 178 valence electrons. The van der Waals surface area contributed by atoms with E-state index in [1.165, 1.54) is 20.5 Å². The van der Waals surface area contributed by atoms with Gasteiger partial charge in [-0.25, -0.2) is 15.0 Å². The molecule has 1 aliphatic rings. The number of benzene rings is 1. The van der Waals surface area contributed by atoms with Crippen molar-refractivity contribution < 1.29 is 23.8 Å². The van der Waals surface area contributed by atoms with E-state index in [9.17, 15) is 9.59 Å². The number of ether oxygens (including phenoxy) is 3. The molecule has 0 saturated carbocycles. The number of nitrogens with one attached hydrogen (secondary N) is 2. The number of morpholine rings is 1. The lowest BCUT2D eigenvalue weighted by Gasteiger charge is -2.27. The summed E-state index contributed by atoms with van der Waals surface area (Å²) in [6, 6.07) is 5.25. The Bertz CT molecular complexity index is 1180. The largest absolute Gasteiger partial charge is 0.494 e. The van der Waals surface area contributed by atoms with Crippen LogP contribution in [0.4, 0.5) is 23.3 Å². The SMILES string of the molecule is COC(=O)CCC(=O)Nc1cc2c(Nc3nccc(N4CCOCC4)n3)ncnc2cc1OC. The Morgan fingerprint density at radius 2 is 1.94 bits per heavy atom. The standard InChI is InChI=1S/C22H25N7O5/c1-32-17-12-15-14(11-16(17)26-19(30)3-4-20(31)33-2)21(25-13-24-15)28-22-23-6-5-18(27-22)29-7-9-34-10-8-29/h5-6,11-13H,3-4,7-10H2,1-2H3,(H,26,30)(H,23,24,25,27,28). The number of amides is 1. The molecular weight excluding hydrogens is 442 g/mol. The zero-order chi connectivity index (χ0) is 23.9. The number of aromatic nitrogens is 4. The summed E-state index contributed by atoms with van der Waals surface area (Å²) in [7, 11) is 2.78. The number of rotatable bonds is 8. The zero-order valence-corrected chi connectivity index (χ0v) is 18.9. The van der Waals surface area contributed by atoms with E-state index in [0.717, 1.165) is 18.9 Å². The summed E-state index contributed by atoms with van der Waals surface area (Å²) >= 11 is 0. The number of methoxy groups -OCH3 is 2. The summed E-state index contributed by atoms with van der Waals surface area (Å²) < 4.78 is 15.4. The molecule has 0 aliphatic carbocycles. The molecule has 0 radical (unpaired) electrons. The minimum Gasteiger partial charge on any atom is -0.494 e. The first-order valence-electron chi connectivity index (χ1n) is 10.7. The first kappa shape index (κ1) is 23.1. The third-order valence-electron chi connectivity index (χ3n) is 5.22. The number of anilines is 4. The summed E-state index contributed by atoms with van der Waals surface area (Å²) in [6.45, 7) is 2.82. The van der Waals surface area contributed by atoms with Crippen molar-refractivity contribution in [2.45, 2.75) is 12.8 Å². The maximum absolute atomic E-state index is 12.3. The lowest BCUT2D eigenvalue weighted by Crippen LogP contribution is -2.36. The highest BCUT2D eigenvalue weighted by atomic mass is 16.5. The van der Waals surface area contributed by atoms with Gasteiger partial charge in [0, 0.05) is 37.2 Å². The summed E-state index contributed by atoms with van der Waals surface area (Å²) in [6.07, 6.45) is 3.06. The highest BCUT2D eigenvalue weighted by Crippen LogP contribution is 2.33. The van der Waals surface area contributed by atoms with Gasteiger partial charge in [0.15, 0.2) is 0 Å². The normalized spacial score (nSPS) is 13.4. The molecule has 2 aromatic heterocycles. The first-order valence-corrected chi connectivity index (χ1v) is 10.7. The molecule has 0 spiro atoms. The van der Waals surface area contributed by atoms with Crippen molar-refractivity contribution >= 4 is 46.1 Å². The van der Waals surface area contributed by atoms with Gasteiger partial charge in [-0.05, 0) is 12.1 Å². The van der Waals surface area contributed by atoms with Gasteiger partial charge in [0.25, 0.3) is 0 Å². The average molecular weight is 467 g/mol. The fraction of sp³-hybridized carbons (Fsp3) is 0.364. The summed E-state index contributed by atoms with van der Waals surface area (Å²) in [5.74, 6) is 1.25. The van der Waals surface area contributed by atoms with Crippen molar-refractivity contribution in [3.63, 3.8) is 0 Å². The van der Waals surface area contributed by atoms with Crippen LogP contribution in [-0.2, 0) is 19.1 Å². The van der Waals surface area contributed by atoms with Crippen LogP contribution in [0, 0.1) is 0 Å². The Balaban J connectivity index is 1.59. The predicted molar refractivity (Wildman–Crippen MR) is 124 cm³/mol. The predicted octanol–water partition coefficient (Wildman–Crippen LogP) is 1.90. The number of carbonyl (C=O) groups excluding carboxylic acids is 2. The molecule has 12 heteroatoms. The van der Waals surface area contributed by atoms with Crippen LogP contribution < -0.4 is 20.3 Å². The molecule has 1 saturated heterocycles. The number of carbonyl (C=O) groups is 2. The maximum atomic E-state index is 12.3. The molecule has 34 heavy (non-hydrogen) atoms. The van der Waals surface area contributed by atoms with Gasteiger partial charge in [-0.1, -0.05) is 0 Å². The third kappa shape index (κ3) is 5.46. The number of nitrogens with zero attached hydrogens (tertiary/aromatic N) is 5. The molecule has 1 fully saturated rings. The fourth-order valence-corrected chi connectivity index (χ4v) is 3.46. The highest BCUT2D eigenvalue weighted by molar-refractivity contribution is 6.00. The second-order valence-electron chi connectivity index (χ2n) is 7.38. The second kappa shape index (κ2) is 10.7. The molecule has 4 rings (SSSR count). The fourth-order valence-electron chi connectivity index (χ4n) is 3.46. The Labute approximate surface area is 195 Å². The van der Waals surface area contributed by atoms with E-state index >= 15 is 0 Å². The van der Waals surface area contributed by atoms with Crippen molar-refractivity contribution in [1.82, 2.24) is 19.9 Å². The van der Waals surface area contributed by atoms with E-state index in [-0.39, 0.29) is 18.7 Å². The van der Waals surface area contributed by atoms with Gasteiger partial charge in [0.05, 0.1) is 45.1 Å². The van der Waals surface area contributed by atoms with Crippen molar-refractivity contribution in [3.05, 3.63) is 30.7 Å². The number of hydrogen-bond acceptors (Lipinski definition) is 11. The first-order chi connectivity index (χ1) is 16.6. The van der Waals surface area contributed by atoms with Crippen LogP contribution in [0.2, 0.25) is 0 Å². The van der Waals surface area contributed by atoms with Crippen molar-refractivity contribution in [3.8, 4) is 5.75 Å². The Kier molecular flexibility index (Phi) is 7.28. The van der Waals surface area contributed by atoms with Crippen LogP contribution in [0.3, 0.4) is 0 Å². The molecule has 0 unspecified atom stereocenters. The minimum atomic E-state index is -0.458. The molecule has 2 N–H and O–H groups in total. The summed E-state index contributed by atoms with van der Waals surface area (Å²) in [5.41, 5.74) is 1.02. The quantitative estimate of drug-likeness (QED) is 0.469. The van der Waals surface area contributed by atoms with Crippen molar-refractivity contribution in [2.75, 3.05) is 56.1 Å². The van der Waals surface area contributed by atoms with E-state index in [2.05, 4.69) is 40.2 Å². The van der Waals surface area contributed by atoms with Gasteiger partial charge < -0.3 is 29.7 Å². The van der Waals surface area contributed by atoms with Crippen molar-refractivity contribution in [2.24, 2.45) is 0 Å². The van der Waals surface area contributed by atoms with E-state index in [1.54, 1.807) is 18.3 Å². The van der Waals surface area contributed by atoms with E-state index in [1.807, 2.05) is 6.07 Å². The van der Waals surface area contributed by atoms with E-state index in [0.29, 0.717) is 47.3 Å². The lowest BCUT2D eigenvalue weighted by atomic mass is 10.1. The monoisotopic (exact) mass is 467 g/mol. The van der Waals surface area contributed by atoms with Crippen LogP contribution in [0.1, 0.15) is 12.8 Å². The van der Waals surface area contributed by atoms with E-state index < -0.39 is 5.97 Å². The number of hydrogen-bond donors (Lipinski definition) is 2. The van der Waals surface area contributed by atoms with Crippen LogP contribution in [-0.4, -0.2) is 72.3 Å². The Morgan fingerprint density at radius 1 is 1.12 bits per heavy atom. The molecule has 3 heterocycles. The average Bonchev–Trinajstić information content (AvgIpc) is 2.88. The molecule has 0 bridgehead atoms. The number of fused-ring (bicyclic) bond motifs is 1. The Morgan fingerprint density at radius 3 is 2.71 bits per heavy atom. The van der Waals surface area contributed by atoms with Crippen LogP contribution >= 0.6 is 0 Å². The van der Waals surface area contributed by atoms with Gasteiger partial charge in [0.2, 0.25) is 11.9 Å². The zero-order valence-electron chi connectivity index (χ0n) is 18.9. The summed E-state index contributed by atoms with van der Waals surface area (Å²) in [4.78, 5) is 43.4. The van der Waals surface area contributed by atoms with Gasteiger partial charge in [-0.15, -0.1) is 0 Å². The van der Waals surface area contributed by atoms with Crippen LogP contribution in [0.5, 0.6) is 5.75 Å². The Hall–Kier alpha value is -4.06. The minimum absolute atomic E-state index is 0.0214. The smallest absolute Gasteiger partial charge is 0.306 e. The maximum Gasteiger partial charge on any atom is 0.306 e. The molecular formula is C22H25N7O5.